The summed E-state index contributed by atoms with van der Waals surface area (Å²) in [6.07, 6.45) is 1.50. The molecule has 0 unspecified atom stereocenters. The van der Waals surface area contributed by atoms with Crippen LogP contribution in [0.3, 0.4) is 0 Å². The number of nitrogens with two attached hydrogens (primary N) is 1. The third-order valence-electron chi connectivity index (χ3n) is 3.55. The number of carbonyl (C=O) groups excluding carboxylic acids is 1. The zero-order chi connectivity index (χ0) is 14.3. The van der Waals surface area contributed by atoms with Crippen molar-refractivity contribution >= 4 is 11.6 Å². The quantitative estimate of drug-likeness (QED) is 0.879. The van der Waals surface area contributed by atoms with E-state index in [1.807, 2.05) is 18.2 Å². The maximum atomic E-state index is 12.0. The highest BCUT2D eigenvalue weighted by molar-refractivity contribution is 6.01. The highest BCUT2D eigenvalue weighted by Gasteiger charge is 2.46. The van der Waals surface area contributed by atoms with Crippen molar-refractivity contribution in [1.29, 1.82) is 0 Å². The number of benzene rings is 1. The third-order valence-corrected chi connectivity index (χ3v) is 3.55. The first kappa shape index (κ1) is 13.9. The molecule has 2 rings (SSSR count). The van der Waals surface area contributed by atoms with Gasteiger partial charge in [0.05, 0.1) is 18.3 Å². The second-order valence-electron chi connectivity index (χ2n) is 6.28. The van der Waals surface area contributed by atoms with Crippen LogP contribution in [0.1, 0.15) is 39.2 Å². The molecule has 1 aromatic rings. The molecule has 0 bridgehead atoms. The lowest BCUT2D eigenvalue weighted by Gasteiger charge is -2.21. The van der Waals surface area contributed by atoms with Gasteiger partial charge in [0.2, 0.25) is 5.91 Å². The fourth-order valence-electron chi connectivity index (χ4n) is 1.88. The van der Waals surface area contributed by atoms with Gasteiger partial charge in [-0.3, -0.25) is 4.79 Å². The highest BCUT2D eigenvalue weighted by atomic mass is 16.5. The van der Waals surface area contributed by atoms with E-state index in [2.05, 4.69) is 26.1 Å². The standard InChI is InChI=1S/C15H22N2O2/c1-14(2,3)10-5-6-12(19-4)11(9-10)17-13(18)15(16)7-8-15/h5-6,9H,7-8,16H2,1-4H3,(H,17,18). The molecule has 0 aromatic heterocycles. The molecule has 1 aromatic carbocycles. The molecule has 1 aliphatic carbocycles. The van der Waals surface area contributed by atoms with Gasteiger partial charge in [0, 0.05) is 0 Å². The zero-order valence-electron chi connectivity index (χ0n) is 12.0. The van der Waals surface area contributed by atoms with Gasteiger partial charge in [0.25, 0.3) is 0 Å². The second-order valence-corrected chi connectivity index (χ2v) is 6.28. The van der Waals surface area contributed by atoms with E-state index < -0.39 is 5.54 Å². The molecule has 4 heteroatoms. The molecule has 0 spiro atoms. The van der Waals surface area contributed by atoms with Crippen molar-refractivity contribution in [3.8, 4) is 5.75 Å². The van der Waals surface area contributed by atoms with Crippen LogP contribution in [0, 0.1) is 0 Å². The van der Waals surface area contributed by atoms with Gasteiger partial charge in [0.1, 0.15) is 5.75 Å². The number of nitrogens with one attached hydrogen (secondary N) is 1. The van der Waals surface area contributed by atoms with Crippen LogP contribution in [0.2, 0.25) is 0 Å². The van der Waals surface area contributed by atoms with E-state index in [1.54, 1.807) is 7.11 Å². The Hall–Kier alpha value is -1.55. The van der Waals surface area contributed by atoms with E-state index in [-0.39, 0.29) is 11.3 Å². The molecule has 3 N–H and O–H groups in total. The molecular weight excluding hydrogens is 240 g/mol. The number of hydrogen-bond acceptors (Lipinski definition) is 3. The number of rotatable bonds is 3. The Bertz CT molecular complexity index is 499. The predicted molar refractivity (Wildman–Crippen MR) is 76.5 cm³/mol. The SMILES string of the molecule is COc1ccc(C(C)(C)C)cc1NC(=O)C1(N)CC1. The minimum absolute atomic E-state index is 0.0196. The summed E-state index contributed by atoms with van der Waals surface area (Å²) in [4.78, 5) is 12.0. The summed E-state index contributed by atoms with van der Waals surface area (Å²) in [5.74, 6) is 0.530. The minimum Gasteiger partial charge on any atom is -0.495 e. The number of carbonyl (C=O) groups is 1. The van der Waals surface area contributed by atoms with E-state index in [0.29, 0.717) is 11.4 Å². The van der Waals surface area contributed by atoms with E-state index in [1.165, 1.54) is 0 Å². The molecule has 1 aliphatic rings. The Labute approximate surface area is 114 Å². The largest absolute Gasteiger partial charge is 0.495 e. The van der Waals surface area contributed by atoms with Gasteiger partial charge in [-0.2, -0.15) is 0 Å². The molecule has 1 saturated carbocycles. The number of ether oxygens (including phenoxy) is 1. The summed E-state index contributed by atoms with van der Waals surface area (Å²) < 4.78 is 5.29. The molecule has 4 nitrogen and oxygen atoms in total. The van der Waals surface area contributed by atoms with Gasteiger partial charge in [-0.15, -0.1) is 0 Å². The number of amides is 1. The minimum atomic E-state index is -0.678. The molecule has 0 heterocycles. The maximum absolute atomic E-state index is 12.0. The van der Waals surface area contributed by atoms with Gasteiger partial charge < -0.3 is 15.8 Å². The van der Waals surface area contributed by atoms with Gasteiger partial charge in [-0.05, 0) is 36.0 Å². The fourth-order valence-corrected chi connectivity index (χ4v) is 1.88. The summed E-state index contributed by atoms with van der Waals surface area (Å²) in [6.45, 7) is 6.39. The normalized spacial score (nSPS) is 16.9. The topological polar surface area (TPSA) is 64.3 Å². The van der Waals surface area contributed by atoms with E-state index in [4.69, 9.17) is 10.5 Å². The first-order chi connectivity index (χ1) is 8.76. The molecule has 0 saturated heterocycles. The molecule has 0 radical (unpaired) electrons. The van der Waals surface area contributed by atoms with Gasteiger partial charge in [-0.25, -0.2) is 0 Å². The van der Waals surface area contributed by atoms with Crippen LogP contribution in [0.4, 0.5) is 5.69 Å². The van der Waals surface area contributed by atoms with Crippen LogP contribution in [0.15, 0.2) is 18.2 Å². The van der Waals surface area contributed by atoms with Gasteiger partial charge in [-0.1, -0.05) is 26.8 Å². The lowest BCUT2D eigenvalue weighted by atomic mass is 9.87. The molecule has 1 fully saturated rings. The maximum Gasteiger partial charge on any atom is 0.244 e. The lowest BCUT2D eigenvalue weighted by molar-refractivity contribution is -0.118. The summed E-state index contributed by atoms with van der Waals surface area (Å²) >= 11 is 0. The number of hydrogen-bond donors (Lipinski definition) is 2. The zero-order valence-corrected chi connectivity index (χ0v) is 12.0. The average Bonchev–Trinajstić information content (AvgIpc) is 3.07. The van der Waals surface area contributed by atoms with Crippen LogP contribution in [0.25, 0.3) is 0 Å². The Kier molecular flexibility index (Phi) is 3.31. The van der Waals surface area contributed by atoms with Crippen LogP contribution in [-0.2, 0) is 10.2 Å². The monoisotopic (exact) mass is 262 g/mol. The molecule has 19 heavy (non-hydrogen) atoms. The summed E-state index contributed by atoms with van der Waals surface area (Å²) in [7, 11) is 1.59. The van der Waals surface area contributed by atoms with Crippen molar-refractivity contribution in [3.63, 3.8) is 0 Å². The van der Waals surface area contributed by atoms with Crippen molar-refractivity contribution in [2.24, 2.45) is 5.73 Å². The van der Waals surface area contributed by atoms with Gasteiger partial charge >= 0.3 is 0 Å². The van der Waals surface area contributed by atoms with E-state index in [9.17, 15) is 4.79 Å². The van der Waals surface area contributed by atoms with Crippen LogP contribution in [0.5, 0.6) is 5.75 Å². The number of methoxy groups -OCH3 is 1. The molecule has 1 amide bonds. The van der Waals surface area contributed by atoms with Crippen LogP contribution in [-0.4, -0.2) is 18.6 Å². The lowest BCUT2D eigenvalue weighted by Crippen LogP contribution is -2.38. The third kappa shape index (κ3) is 2.89. The highest BCUT2D eigenvalue weighted by Crippen LogP contribution is 2.36. The smallest absolute Gasteiger partial charge is 0.244 e. The molecule has 104 valence electrons. The van der Waals surface area contributed by atoms with E-state index in [0.717, 1.165) is 18.4 Å². The Morgan fingerprint density at radius 2 is 2.00 bits per heavy atom. The number of anilines is 1. The van der Waals surface area contributed by atoms with Gasteiger partial charge in [0.15, 0.2) is 0 Å². The van der Waals surface area contributed by atoms with Crippen LogP contribution < -0.4 is 15.8 Å². The summed E-state index contributed by atoms with van der Waals surface area (Å²) in [6, 6.07) is 5.86. The van der Waals surface area contributed by atoms with Crippen molar-refractivity contribution in [2.45, 2.75) is 44.6 Å². The first-order valence-electron chi connectivity index (χ1n) is 6.55. The first-order valence-corrected chi connectivity index (χ1v) is 6.55. The average molecular weight is 262 g/mol. The van der Waals surface area contributed by atoms with Crippen molar-refractivity contribution in [3.05, 3.63) is 23.8 Å². The molecule has 0 aliphatic heterocycles. The Balaban J connectivity index is 2.29. The fraction of sp³-hybridized carbons (Fsp3) is 0.533. The van der Waals surface area contributed by atoms with Crippen molar-refractivity contribution < 1.29 is 9.53 Å². The Morgan fingerprint density at radius 3 is 2.47 bits per heavy atom. The summed E-state index contributed by atoms with van der Waals surface area (Å²) in [5, 5.41) is 2.89. The molecular formula is C15H22N2O2. The predicted octanol–water partition coefficient (Wildman–Crippen LogP) is 2.42. The summed E-state index contributed by atoms with van der Waals surface area (Å²) in [5.41, 5.74) is 7.08. The molecule has 0 atom stereocenters. The van der Waals surface area contributed by atoms with Crippen molar-refractivity contribution in [2.75, 3.05) is 12.4 Å². The second kappa shape index (κ2) is 4.53. The van der Waals surface area contributed by atoms with Crippen molar-refractivity contribution in [1.82, 2.24) is 0 Å². The van der Waals surface area contributed by atoms with Crippen LogP contribution >= 0.6 is 0 Å². The Morgan fingerprint density at radius 1 is 1.37 bits per heavy atom. The van der Waals surface area contributed by atoms with E-state index >= 15 is 0 Å².